The van der Waals surface area contributed by atoms with Crippen molar-refractivity contribution >= 4 is 33.4 Å². The Labute approximate surface area is 130 Å². The van der Waals surface area contributed by atoms with Crippen molar-refractivity contribution in [2.24, 2.45) is 5.73 Å². The molecule has 0 spiro atoms. The molecule has 0 aliphatic heterocycles. The number of carbonyl (C=O) groups is 2. The van der Waals surface area contributed by atoms with Gasteiger partial charge in [-0.25, -0.2) is 9.78 Å². The maximum atomic E-state index is 12.7. The summed E-state index contributed by atoms with van der Waals surface area (Å²) in [6.07, 6.45) is 0. The number of amides is 1. The van der Waals surface area contributed by atoms with E-state index in [1.165, 1.54) is 11.5 Å². The fourth-order valence-electron chi connectivity index (χ4n) is 2.27. The molecule has 2 rings (SSSR count). The van der Waals surface area contributed by atoms with E-state index < -0.39 is 17.9 Å². The number of hydrogen-bond acceptors (Lipinski definition) is 6. The molecule has 2 N–H and O–H groups in total. The molecule has 0 saturated heterocycles. The average molecular weight is 323 g/mol. The number of carbonyl (C=O) groups excluding carboxylic acids is 2. The number of ether oxygens (including phenoxy) is 1. The molecule has 1 amide bonds. The number of thiophene rings is 1. The fourth-order valence-corrected chi connectivity index (χ4v) is 3.38. The minimum atomic E-state index is -0.810. The van der Waals surface area contributed by atoms with Crippen LogP contribution in [0, 0.1) is 13.8 Å². The highest BCUT2D eigenvalue weighted by molar-refractivity contribution is 7.20. The topological polar surface area (TPSA) is 104 Å². The Morgan fingerprint density at radius 3 is 2.59 bits per heavy atom. The highest BCUT2D eigenvalue weighted by Crippen LogP contribution is 2.28. The number of aromatic nitrogens is 2. The van der Waals surface area contributed by atoms with Gasteiger partial charge in [0.15, 0.2) is 0 Å². The first kappa shape index (κ1) is 16.2. The Kier molecular flexibility index (Phi) is 4.32. The molecule has 1 unspecified atom stereocenters. The summed E-state index contributed by atoms with van der Waals surface area (Å²) < 4.78 is 6.23. The number of aryl methyl sites for hydroxylation is 2. The zero-order valence-electron chi connectivity index (χ0n) is 12.8. The zero-order valence-corrected chi connectivity index (χ0v) is 13.6. The van der Waals surface area contributed by atoms with Crippen LogP contribution in [0.15, 0.2) is 4.79 Å². The third kappa shape index (κ3) is 2.50. The van der Waals surface area contributed by atoms with Gasteiger partial charge >= 0.3 is 5.97 Å². The first-order valence-electron chi connectivity index (χ1n) is 6.78. The maximum Gasteiger partial charge on any atom is 0.348 e. The normalized spacial score (nSPS) is 12.4. The summed E-state index contributed by atoms with van der Waals surface area (Å²) in [5.41, 5.74) is 5.42. The first-order valence-corrected chi connectivity index (χ1v) is 7.59. The fraction of sp³-hybridized carbons (Fsp3) is 0.429. The summed E-state index contributed by atoms with van der Waals surface area (Å²) in [6, 6.07) is -0.810. The molecule has 8 heteroatoms. The van der Waals surface area contributed by atoms with Crippen LogP contribution >= 0.6 is 11.3 Å². The van der Waals surface area contributed by atoms with E-state index in [1.54, 1.807) is 20.8 Å². The van der Waals surface area contributed by atoms with Gasteiger partial charge in [0.2, 0.25) is 5.91 Å². The molecule has 0 aromatic carbocycles. The van der Waals surface area contributed by atoms with Crippen LogP contribution in [0.5, 0.6) is 0 Å². The third-order valence-electron chi connectivity index (χ3n) is 3.43. The van der Waals surface area contributed by atoms with Crippen LogP contribution in [0.3, 0.4) is 0 Å². The zero-order chi connectivity index (χ0) is 16.6. The van der Waals surface area contributed by atoms with Gasteiger partial charge in [-0.1, -0.05) is 0 Å². The Morgan fingerprint density at radius 2 is 2.05 bits per heavy atom. The molecule has 0 radical (unpaired) electrons. The summed E-state index contributed by atoms with van der Waals surface area (Å²) in [6.45, 7) is 6.80. The Bertz CT molecular complexity index is 822. The number of hydrogen-bond donors (Lipinski definition) is 1. The minimum absolute atomic E-state index is 0.252. The quantitative estimate of drug-likeness (QED) is 0.854. The van der Waals surface area contributed by atoms with Crippen molar-refractivity contribution in [1.29, 1.82) is 0 Å². The molecule has 2 aromatic rings. The molecule has 7 nitrogen and oxygen atoms in total. The van der Waals surface area contributed by atoms with Crippen LogP contribution < -0.4 is 11.3 Å². The lowest BCUT2D eigenvalue weighted by Gasteiger charge is -2.14. The standard InChI is InChI=1S/C14H17N3O4S/c1-5-21-14(20)10-6(2)9-12(22-10)16-8(4)17(13(9)19)7(3)11(15)18/h7H,5H2,1-4H3,(H2,15,18). The third-order valence-corrected chi connectivity index (χ3v) is 4.60. The van der Waals surface area contributed by atoms with Gasteiger partial charge in [0, 0.05) is 0 Å². The molecular formula is C14H17N3O4S. The van der Waals surface area contributed by atoms with E-state index >= 15 is 0 Å². The van der Waals surface area contributed by atoms with Crippen LogP contribution in [0.25, 0.3) is 10.2 Å². The second-order valence-corrected chi connectivity index (χ2v) is 5.87. The highest BCUT2D eigenvalue weighted by Gasteiger charge is 2.24. The van der Waals surface area contributed by atoms with Crippen LogP contribution in [0.1, 0.15) is 40.9 Å². The number of esters is 1. The maximum absolute atomic E-state index is 12.7. The van der Waals surface area contributed by atoms with Crippen molar-refractivity contribution in [3.8, 4) is 0 Å². The molecule has 0 saturated carbocycles. The Balaban J connectivity index is 2.75. The SMILES string of the molecule is CCOC(=O)c1sc2nc(C)n(C(C)C(N)=O)c(=O)c2c1C. The molecule has 0 fully saturated rings. The van der Waals surface area contributed by atoms with Crippen molar-refractivity contribution < 1.29 is 14.3 Å². The van der Waals surface area contributed by atoms with Gasteiger partial charge in [0.1, 0.15) is 21.6 Å². The van der Waals surface area contributed by atoms with Crippen molar-refractivity contribution in [1.82, 2.24) is 9.55 Å². The van der Waals surface area contributed by atoms with Crippen molar-refractivity contribution in [3.05, 3.63) is 26.6 Å². The van der Waals surface area contributed by atoms with Gasteiger partial charge in [0.05, 0.1) is 12.0 Å². The lowest BCUT2D eigenvalue weighted by atomic mass is 10.2. The summed E-state index contributed by atoms with van der Waals surface area (Å²) in [5, 5.41) is 0.326. The molecular weight excluding hydrogens is 306 g/mol. The van der Waals surface area contributed by atoms with Crippen LogP contribution in [-0.4, -0.2) is 28.0 Å². The highest BCUT2D eigenvalue weighted by atomic mass is 32.1. The number of rotatable bonds is 4. The van der Waals surface area contributed by atoms with Crippen molar-refractivity contribution in [2.75, 3.05) is 6.61 Å². The molecule has 22 heavy (non-hydrogen) atoms. The largest absolute Gasteiger partial charge is 0.462 e. The average Bonchev–Trinajstić information content (AvgIpc) is 2.75. The van der Waals surface area contributed by atoms with Crippen molar-refractivity contribution in [2.45, 2.75) is 33.7 Å². The van der Waals surface area contributed by atoms with Gasteiger partial charge in [0.25, 0.3) is 5.56 Å². The molecule has 1 atom stereocenters. The summed E-state index contributed by atoms with van der Waals surface area (Å²) in [5.74, 6) is -0.722. The Hall–Kier alpha value is -2.22. The molecule has 0 aliphatic carbocycles. The van der Waals surface area contributed by atoms with E-state index in [0.717, 1.165) is 11.3 Å². The van der Waals surface area contributed by atoms with Gasteiger partial charge in [-0.2, -0.15) is 0 Å². The second kappa shape index (κ2) is 5.88. The van der Waals surface area contributed by atoms with E-state index in [0.29, 0.717) is 26.5 Å². The van der Waals surface area contributed by atoms with E-state index in [-0.39, 0.29) is 12.2 Å². The number of nitrogens with two attached hydrogens (primary N) is 1. The van der Waals surface area contributed by atoms with E-state index in [4.69, 9.17) is 10.5 Å². The number of fused-ring (bicyclic) bond motifs is 1. The van der Waals surface area contributed by atoms with Gasteiger partial charge in [-0.05, 0) is 33.3 Å². The molecule has 0 bridgehead atoms. The number of nitrogens with zero attached hydrogens (tertiary/aromatic N) is 2. The smallest absolute Gasteiger partial charge is 0.348 e. The molecule has 2 aromatic heterocycles. The van der Waals surface area contributed by atoms with Gasteiger partial charge in [-0.3, -0.25) is 14.2 Å². The van der Waals surface area contributed by atoms with Gasteiger partial charge < -0.3 is 10.5 Å². The van der Waals surface area contributed by atoms with Crippen molar-refractivity contribution in [3.63, 3.8) is 0 Å². The number of primary amides is 1. The lowest BCUT2D eigenvalue weighted by molar-refractivity contribution is -0.120. The summed E-state index contributed by atoms with van der Waals surface area (Å²) in [4.78, 5) is 41.1. The second-order valence-electron chi connectivity index (χ2n) is 4.87. The van der Waals surface area contributed by atoms with Gasteiger partial charge in [-0.15, -0.1) is 11.3 Å². The van der Waals surface area contributed by atoms with E-state index in [2.05, 4.69) is 4.98 Å². The van der Waals surface area contributed by atoms with Crippen LogP contribution in [-0.2, 0) is 9.53 Å². The first-order chi connectivity index (χ1) is 10.3. The summed E-state index contributed by atoms with van der Waals surface area (Å²) in [7, 11) is 0. The van der Waals surface area contributed by atoms with E-state index in [1.807, 2.05) is 0 Å². The summed E-state index contributed by atoms with van der Waals surface area (Å²) >= 11 is 1.11. The lowest BCUT2D eigenvalue weighted by Crippen LogP contribution is -2.34. The van der Waals surface area contributed by atoms with Crippen LogP contribution in [0.2, 0.25) is 0 Å². The predicted octanol–water partition coefficient (Wildman–Crippen LogP) is 1.30. The predicted molar refractivity (Wildman–Crippen MR) is 83.2 cm³/mol. The molecule has 0 aliphatic rings. The molecule has 2 heterocycles. The monoisotopic (exact) mass is 323 g/mol. The molecule has 118 valence electrons. The minimum Gasteiger partial charge on any atom is -0.462 e. The van der Waals surface area contributed by atoms with Crippen LogP contribution in [0.4, 0.5) is 0 Å². The van der Waals surface area contributed by atoms with E-state index in [9.17, 15) is 14.4 Å². The Morgan fingerprint density at radius 1 is 1.41 bits per heavy atom.